The van der Waals surface area contributed by atoms with E-state index in [0.717, 1.165) is 32.1 Å². The zero-order chi connectivity index (χ0) is 13.6. The van der Waals surface area contributed by atoms with Gasteiger partial charge in [-0.25, -0.2) is 4.79 Å². The lowest BCUT2D eigenvalue weighted by Crippen LogP contribution is -2.42. The summed E-state index contributed by atoms with van der Waals surface area (Å²) >= 11 is 1.39. The topological polar surface area (TPSA) is 86.6 Å². The van der Waals surface area contributed by atoms with E-state index in [1.807, 2.05) is 0 Å². The molecular weight excluding hydrogens is 254 g/mol. The van der Waals surface area contributed by atoms with Gasteiger partial charge in [0.15, 0.2) is 0 Å². The molecule has 104 valence electrons. The molecule has 0 aromatic rings. The van der Waals surface area contributed by atoms with E-state index in [4.69, 9.17) is 5.11 Å². The van der Waals surface area contributed by atoms with Crippen molar-refractivity contribution in [3.05, 3.63) is 0 Å². The molecule has 18 heavy (non-hydrogen) atoms. The minimum Gasteiger partial charge on any atom is -0.480 e. The Morgan fingerprint density at radius 1 is 1.33 bits per heavy atom. The predicted molar refractivity (Wildman–Crippen MR) is 70.6 cm³/mol. The molecule has 1 rings (SSSR count). The first-order valence-electron chi connectivity index (χ1n) is 6.23. The Morgan fingerprint density at radius 3 is 2.44 bits per heavy atom. The Bertz CT molecular complexity index is 302. The van der Waals surface area contributed by atoms with E-state index in [-0.39, 0.29) is 11.7 Å². The number of carboxylic acids is 1. The summed E-state index contributed by atoms with van der Waals surface area (Å²) in [5.74, 6) is -0.555. The Balaban J connectivity index is 2.33. The second kappa shape index (κ2) is 6.99. The summed E-state index contributed by atoms with van der Waals surface area (Å²) in [6.45, 7) is 1.30. The molecule has 0 aliphatic heterocycles. The van der Waals surface area contributed by atoms with Gasteiger partial charge in [0, 0.05) is 18.4 Å². The molecule has 1 saturated carbocycles. The third-order valence-corrected chi connectivity index (χ3v) is 4.43. The number of hydrogen-bond acceptors (Lipinski definition) is 4. The van der Waals surface area contributed by atoms with Gasteiger partial charge in [0.05, 0.1) is 5.60 Å². The number of carboxylic acid groups (broad SMARTS) is 1. The van der Waals surface area contributed by atoms with Crippen LogP contribution < -0.4 is 5.32 Å². The summed E-state index contributed by atoms with van der Waals surface area (Å²) in [6, 6.07) is -0.875. The van der Waals surface area contributed by atoms with E-state index in [2.05, 4.69) is 5.32 Å². The van der Waals surface area contributed by atoms with Crippen LogP contribution in [0.3, 0.4) is 0 Å². The molecule has 1 aliphatic carbocycles. The minimum atomic E-state index is -1.03. The predicted octanol–water partition coefficient (Wildman–Crippen LogP) is 1.00. The molecule has 0 heterocycles. The normalized spacial score (nSPS) is 20.1. The summed E-state index contributed by atoms with van der Waals surface area (Å²) in [7, 11) is 0. The van der Waals surface area contributed by atoms with E-state index in [1.54, 1.807) is 0 Å². The van der Waals surface area contributed by atoms with Crippen LogP contribution in [0.1, 0.15) is 39.0 Å². The molecule has 1 atom stereocenters. The van der Waals surface area contributed by atoms with Gasteiger partial charge in [-0.1, -0.05) is 19.3 Å². The van der Waals surface area contributed by atoms with Crippen LogP contribution in [0.5, 0.6) is 0 Å². The molecule has 6 heteroatoms. The third-order valence-electron chi connectivity index (χ3n) is 3.12. The number of hydrogen-bond donors (Lipinski definition) is 3. The summed E-state index contributed by atoms with van der Waals surface area (Å²) < 4.78 is 0. The summed E-state index contributed by atoms with van der Waals surface area (Å²) in [6.07, 6.45) is 4.81. The Hall–Kier alpha value is -0.750. The highest BCUT2D eigenvalue weighted by atomic mass is 32.2. The average Bonchev–Trinajstić information content (AvgIpc) is 2.27. The fraction of sp³-hybridized carbons (Fsp3) is 0.833. The van der Waals surface area contributed by atoms with Gasteiger partial charge < -0.3 is 15.5 Å². The quantitative estimate of drug-likeness (QED) is 0.673. The van der Waals surface area contributed by atoms with Crippen molar-refractivity contribution in [1.82, 2.24) is 5.32 Å². The molecule has 1 amide bonds. The van der Waals surface area contributed by atoms with Crippen LogP contribution in [-0.2, 0) is 9.59 Å². The number of aliphatic hydroxyl groups is 1. The fourth-order valence-electron chi connectivity index (χ4n) is 2.14. The summed E-state index contributed by atoms with van der Waals surface area (Å²) in [4.78, 5) is 21.8. The Labute approximate surface area is 111 Å². The largest absolute Gasteiger partial charge is 0.480 e. The monoisotopic (exact) mass is 275 g/mol. The van der Waals surface area contributed by atoms with Crippen molar-refractivity contribution in [2.75, 3.05) is 11.5 Å². The van der Waals surface area contributed by atoms with E-state index in [0.29, 0.717) is 5.75 Å². The van der Waals surface area contributed by atoms with Gasteiger partial charge >= 0.3 is 5.97 Å². The lowest BCUT2D eigenvalue weighted by atomic mass is 9.86. The van der Waals surface area contributed by atoms with Crippen molar-refractivity contribution in [2.45, 2.75) is 50.7 Å². The molecule has 0 bridgehead atoms. The summed E-state index contributed by atoms with van der Waals surface area (Å²) in [5, 5.41) is 21.6. The highest BCUT2D eigenvalue weighted by molar-refractivity contribution is 7.99. The molecule has 1 aliphatic rings. The number of nitrogens with one attached hydrogen (secondary N) is 1. The maximum absolute atomic E-state index is 10.9. The smallest absolute Gasteiger partial charge is 0.327 e. The third kappa shape index (κ3) is 5.27. The number of thioether (sulfide) groups is 1. The Kier molecular flexibility index (Phi) is 5.95. The molecule has 0 saturated heterocycles. The number of carbonyl (C=O) groups is 2. The highest BCUT2D eigenvalue weighted by Crippen LogP contribution is 2.31. The first kappa shape index (κ1) is 15.3. The first-order valence-corrected chi connectivity index (χ1v) is 7.38. The molecule has 1 fully saturated rings. The number of amides is 1. The van der Waals surface area contributed by atoms with Crippen molar-refractivity contribution in [3.63, 3.8) is 0 Å². The highest BCUT2D eigenvalue weighted by Gasteiger charge is 2.29. The van der Waals surface area contributed by atoms with Crippen LogP contribution in [-0.4, -0.2) is 45.2 Å². The second-order valence-electron chi connectivity index (χ2n) is 4.89. The van der Waals surface area contributed by atoms with Crippen LogP contribution in [0.25, 0.3) is 0 Å². The van der Waals surface area contributed by atoms with Gasteiger partial charge in [-0.2, -0.15) is 11.8 Å². The zero-order valence-corrected chi connectivity index (χ0v) is 11.5. The van der Waals surface area contributed by atoms with Crippen LogP contribution in [0.15, 0.2) is 0 Å². The number of carbonyl (C=O) groups excluding carboxylic acids is 1. The molecule has 0 aromatic heterocycles. The second-order valence-corrected chi connectivity index (χ2v) is 5.92. The molecule has 0 aromatic carbocycles. The van der Waals surface area contributed by atoms with Gasteiger partial charge in [0.2, 0.25) is 5.91 Å². The van der Waals surface area contributed by atoms with Crippen molar-refractivity contribution < 1.29 is 19.8 Å². The maximum Gasteiger partial charge on any atom is 0.327 e. The van der Waals surface area contributed by atoms with Gasteiger partial charge in [-0.15, -0.1) is 0 Å². The maximum atomic E-state index is 10.9. The number of aliphatic carboxylic acids is 1. The van der Waals surface area contributed by atoms with E-state index < -0.39 is 17.6 Å². The summed E-state index contributed by atoms with van der Waals surface area (Å²) in [5.41, 5.74) is -0.651. The fourth-order valence-corrected chi connectivity index (χ4v) is 3.39. The molecule has 0 unspecified atom stereocenters. The van der Waals surface area contributed by atoms with Gasteiger partial charge in [0.25, 0.3) is 0 Å². The first-order chi connectivity index (χ1) is 8.43. The average molecular weight is 275 g/mol. The molecule has 0 spiro atoms. The number of rotatable bonds is 6. The van der Waals surface area contributed by atoms with Crippen LogP contribution in [0.4, 0.5) is 0 Å². The van der Waals surface area contributed by atoms with Crippen molar-refractivity contribution in [2.24, 2.45) is 0 Å². The van der Waals surface area contributed by atoms with E-state index in [9.17, 15) is 14.7 Å². The molecule has 0 radical (unpaired) electrons. The van der Waals surface area contributed by atoms with Gasteiger partial charge in [-0.3, -0.25) is 4.79 Å². The van der Waals surface area contributed by atoms with Gasteiger partial charge in [-0.05, 0) is 12.8 Å². The van der Waals surface area contributed by atoms with Crippen molar-refractivity contribution in [3.8, 4) is 0 Å². The zero-order valence-electron chi connectivity index (χ0n) is 10.6. The molecular formula is C12H21NO4S. The van der Waals surface area contributed by atoms with Crippen LogP contribution in [0.2, 0.25) is 0 Å². The lowest BCUT2D eigenvalue weighted by Gasteiger charge is -2.32. The van der Waals surface area contributed by atoms with Crippen molar-refractivity contribution >= 4 is 23.6 Å². The molecule has 5 nitrogen and oxygen atoms in total. The van der Waals surface area contributed by atoms with E-state index >= 15 is 0 Å². The molecule has 3 N–H and O–H groups in total. The van der Waals surface area contributed by atoms with Gasteiger partial charge in [0.1, 0.15) is 6.04 Å². The minimum absolute atomic E-state index is 0.289. The van der Waals surface area contributed by atoms with Crippen LogP contribution in [0, 0.1) is 0 Å². The standard InChI is InChI=1S/C12H21NO4S/c1-9(14)13-10(11(15)16)7-18-8-12(17)5-3-2-4-6-12/h10,17H,2-8H2,1H3,(H,13,14)(H,15,16)/t10-/m0/s1. The lowest BCUT2D eigenvalue weighted by molar-refractivity contribution is -0.140. The van der Waals surface area contributed by atoms with Crippen LogP contribution >= 0.6 is 11.8 Å². The Morgan fingerprint density at radius 2 is 1.94 bits per heavy atom. The van der Waals surface area contributed by atoms with Crippen molar-refractivity contribution in [1.29, 1.82) is 0 Å². The van der Waals surface area contributed by atoms with E-state index in [1.165, 1.54) is 18.7 Å². The SMILES string of the molecule is CC(=O)N[C@@H](CSCC1(O)CCCCC1)C(=O)O.